The predicted octanol–water partition coefficient (Wildman–Crippen LogP) is 4.63. The van der Waals surface area contributed by atoms with Crippen molar-refractivity contribution in [1.29, 1.82) is 0 Å². The minimum Gasteiger partial charge on any atom is -0.507 e. The lowest BCUT2D eigenvalue weighted by molar-refractivity contribution is 0.474. The van der Waals surface area contributed by atoms with E-state index in [9.17, 15) is 5.11 Å². The summed E-state index contributed by atoms with van der Waals surface area (Å²) in [6.07, 6.45) is 1.68. The van der Waals surface area contributed by atoms with E-state index in [1.165, 1.54) is 0 Å². The second-order valence-electron chi connectivity index (χ2n) is 5.87. The molecule has 0 aliphatic carbocycles. The first-order valence-corrected chi connectivity index (χ1v) is 8.10. The molecule has 0 fully saturated rings. The number of rotatable bonds is 5. The van der Waals surface area contributed by atoms with Crippen LogP contribution in [0.15, 0.2) is 84.0 Å². The molecular formula is C21H21N3O. The zero-order chi connectivity index (χ0) is 17.6. The molecule has 1 N–H and O–H groups in total. The predicted molar refractivity (Wildman–Crippen MR) is 105 cm³/mol. The summed E-state index contributed by atoms with van der Waals surface area (Å²) in [7, 11) is 3.88. The molecular weight excluding hydrogens is 310 g/mol. The number of para-hydroxylation sites is 2. The summed E-state index contributed by atoms with van der Waals surface area (Å²) in [5.41, 5.74) is 3.52. The van der Waals surface area contributed by atoms with Crippen molar-refractivity contribution in [3.63, 3.8) is 0 Å². The molecule has 3 rings (SSSR count). The Morgan fingerprint density at radius 1 is 0.760 bits per heavy atom. The molecule has 0 aromatic heterocycles. The molecule has 4 heteroatoms. The molecule has 0 radical (unpaired) electrons. The summed E-state index contributed by atoms with van der Waals surface area (Å²) in [5.74, 6) is 0.205. The Morgan fingerprint density at radius 2 is 1.32 bits per heavy atom. The van der Waals surface area contributed by atoms with Crippen molar-refractivity contribution in [3.05, 3.63) is 84.4 Å². The fourth-order valence-electron chi connectivity index (χ4n) is 2.46. The topological polar surface area (TPSA) is 39.1 Å². The lowest BCUT2D eigenvalue weighted by Crippen LogP contribution is -2.10. The molecule has 0 atom stereocenters. The highest BCUT2D eigenvalue weighted by atomic mass is 16.3. The quantitative estimate of drug-likeness (QED) is 0.547. The molecule has 0 bridgehead atoms. The number of hydrogen-bond donors (Lipinski definition) is 1. The van der Waals surface area contributed by atoms with Crippen LogP contribution in [0.1, 0.15) is 5.56 Å². The number of anilines is 3. The fraction of sp³-hybridized carbons (Fsp3) is 0.0952. The van der Waals surface area contributed by atoms with Gasteiger partial charge in [-0.3, -0.25) is 0 Å². The molecule has 0 saturated heterocycles. The van der Waals surface area contributed by atoms with Crippen LogP contribution in [0.5, 0.6) is 5.75 Å². The summed E-state index contributed by atoms with van der Waals surface area (Å²) in [5, 5.41) is 16.7. The van der Waals surface area contributed by atoms with Crippen molar-refractivity contribution in [2.75, 3.05) is 24.0 Å². The van der Waals surface area contributed by atoms with Crippen molar-refractivity contribution in [3.8, 4) is 5.75 Å². The number of benzene rings is 3. The highest BCUT2D eigenvalue weighted by molar-refractivity contribution is 5.86. The van der Waals surface area contributed by atoms with Crippen molar-refractivity contribution in [1.82, 2.24) is 0 Å². The molecule has 3 aromatic carbocycles. The van der Waals surface area contributed by atoms with Crippen LogP contribution in [0, 0.1) is 0 Å². The number of hydrogen-bond acceptors (Lipinski definition) is 4. The van der Waals surface area contributed by atoms with Gasteiger partial charge in [0.1, 0.15) is 5.75 Å². The Hall–Kier alpha value is -3.27. The Labute approximate surface area is 148 Å². The maximum atomic E-state index is 10.3. The fourth-order valence-corrected chi connectivity index (χ4v) is 2.46. The molecule has 0 heterocycles. The van der Waals surface area contributed by atoms with E-state index in [0.717, 1.165) is 17.1 Å². The first-order chi connectivity index (χ1) is 12.1. The number of aromatic hydroxyl groups is 1. The Kier molecular flexibility index (Phi) is 5.00. The van der Waals surface area contributed by atoms with Gasteiger partial charge in [-0.25, -0.2) is 5.01 Å². The van der Waals surface area contributed by atoms with Crippen LogP contribution in [-0.2, 0) is 0 Å². The summed E-state index contributed by atoms with van der Waals surface area (Å²) < 4.78 is 0. The third kappa shape index (κ3) is 3.98. The Morgan fingerprint density at radius 3 is 1.80 bits per heavy atom. The SMILES string of the molecule is CN(C)c1ccc(/C=N/N(c2ccccc2)c2ccccc2)c(O)c1. The normalized spacial score (nSPS) is 10.8. The molecule has 0 unspecified atom stereocenters. The average molecular weight is 331 g/mol. The lowest BCUT2D eigenvalue weighted by Gasteiger charge is -2.19. The van der Waals surface area contributed by atoms with Crippen LogP contribution in [0.4, 0.5) is 17.1 Å². The van der Waals surface area contributed by atoms with Gasteiger partial charge in [0.05, 0.1) is 17.6 Å². The highest BCUT2D eigenvalue weighted by Gasteiger charge is 2.08. The van der Waals surface area contributed by atoms with E-state index in [2.05, 4.69) is 5.10 Å². The summed E-state index contributed by atoms with van der Waals surface area (Å²) in [6, 6.07) is 25.4. The molecule has 0 aliphatic heterocycles. The van der Waals surface area contributed by atoms with Gasteiger partial charge in [-0.05, 0) is 36.4 Å². The molecule has 126 valence electrons. The number of nitrogens with zero attached hydrogens (tertiary/aromatic N) is 3. The number of phenols is 1. The van der Waals surface area contributed by atoms with E-state index in [1.54, 1.807) is 12.3 Å². The van der Waals surface area contributed by atoms with Crippen LogP contribution in [0.2, 0.25) is 0 Å². The largest absolute Gasteiger partial charge is 0.507 e. The molecule has 0 saturated carbocycles. The van der Waals surface area contributed by atoms with Crippen LogP contribution in [-0.4, -0.2) is 25.4 Å². The van der Waals surface area contributed by atoms with E-state index < -0.39 is 0 Å². The van der Waals surface area contributed by atoms with E-state index in [1.807, 2.05) is 96.8 Å². The van der Waals surface area contributed by atoms with Crippen molar-refractivity contribution in [2.45, 2.75) is 0 Å². The minimum absolute atomic E-state index is 0.205. The van der Waals surface area contributed by atoms with E-state index in [-0.39, 0.29) is 5.75 Å². The van der Waals surface area contributed by atoms with Gasteiger partial charge in [0.25, 0.3) is 0 Å². The molecule has 0 spiro atoms. The van der Waals surface area contributed by atoms with Gasteiger partial charge in [-0.15, -0.1) is 0 Å². The zero-order valence-electron chi connectivity index (χ0n) is 14.4. The number of phenolic OH excluding ortho intramolecular Hbond substituents is 1. The van der Waals surface area contributed by atoms with Gasteiger partial charge in [0.15, 0.2) is 0 Å². The minimum atomic E-state index is 0.205. The summed E-state index contributed by atoms with van der Waals surface area (Å²) >= 11 is 0. The van der Waals surface area contributed by atoms with Crippen LogP contribution in [0.3, 0.4) is 0 Å². The van der Waals surface area contributed by atoms with Gasteiger partial charge in [0.2, 0.25) is 0 Å². The third-order valence-electron chi connectivity index (χ3n) is 3.84. The number of hydrazone groups is 1. The summed E-state index contributed by atoms with van der Waals surface area (Å²) in [6.45, 7) is 0. The van der Waals surface area contributed by atoms with E-state index >= 15 is 0 Å². The summed E-state index contributed by atoms with van der Waals surface area (Å²) in [4.78, 5) is 1.95. The zero-order valence-corrected chi connectivity index (χ0v) is 14.4. The third-order valence-corrected chi connectivity index (χ3v) is 3.84. The molecule has 3 aromatic rings. The van der Waals surface area contributed by atoms with E-state index in [0.29, 0.717) is 5.56 Å². The average Bonchev–Trinajstić information content (AvgIpc) is 2.64. The van der Waals surface area contributed by atoms with Crippen LogP contribution < -0.4 is 9.91 Å². The van der Waals surface area contributed by atoms with Gasteiger partial charge in [0, 0.05) is 31.4 Å². The van der Waals surface area contributed by atoms with Crippen LogP contribution >= 0.6 is 0 Å². The van der Waals surface area contributed by atoms with Crippen molar-refractivity contribution in [2.24, 2.45) is 5.10 Å². The molecule has 25 heavy (non-hydrogen) atoms. The lowest BCUT2D eigenvalue weighted by atomic mass is 10.2. The van der Waals surface area contributed by atoms with Crippen molar-refractivity contribution < 1.29 is 5.11 Å². The first-order valence-electron chi connectivity index (χ1n) is 8.10. The van der Waals surface area contributed by atoms with E-state index in [4.69, 9.17) is 0 Å². The molecule has 0 amide bonds. The van der Waals surface area contributed by atoms with Gasteiger partial charge >= 0.3 is 0 Å². The second-order valence-corrected chi connectivity index (χ2v) is 5.87. The van der Waals surface area contributed by atoms with Crippen LogP contribution in [0.25, 0.3) is 0 Å². The smallest absolute Gasteiger partial charge is 0.126 e. The monoisotopic (exact) mass is 331 g/mol. The van der Waals surface area contributed by atoms with Gasteiger partial charge in [-0.1, -0.05) is 36.4 Å². The molecule has 0 aliphatic rings. The van der Waals surface area contributed by atoms with Crippen molar-refractivity contribution >= 4 is 23.3 Å². The molecule has 4 nitrogen and oxygen atoms in total. The maximum absolute atomic E-state index is 10.3. The standard InChI is InChI=1S/C21H21N3O/c1-23(2)20-14-13-17(21(25)15-20)16-22-24(18-9-5-3-6-10-18)19-11-7-4-8-12-19/h3-16,25H,1-2H3/b22-16+. The first kappa shape index (κ1) is 16.6. The van der Waals surface area contributed by atoms with Gasteiger partial charge < -0.3 is 10.0 Å². The Bertz CT molecular complexity index is 806. The van der Waals surface area contributed by atoms with Gasteiger partial charge in [-0.2, -0.15) is 5.10 Å². The second kappa shape index (κ2) is 7.53. The highest BCUT2D eigenvalue weighted by Crippen LogP contribution is 2.26. The Balaban J connectivity index is 1.94. The maximum Gasteiger partial charge on any atom is 0.126 e.